The molecule has 1 nitrogen and oxygen atoms in total. The highest BCUT2D eigenvalue weighted by Crippen LogP contribution is 2.24. The van der Waals surface area contributed by atoms with E-state index in [1.54, 1.807) is 12.1 Å². The first-order valence-corrected chi connectivity index (χ1v) is 7.16. The van der Waals surface area contributed by atoms with Gasteiger partial charge in [-0.15, -0.1) is 0 Å². The molecule has 0 saturated heterocycles. The largest absolute Gasteiger partial charge is 0.313 e. The average Bonchev–Trinajstić information content (AvgIpc) is 2.43. The molecular weight excluding hydrogens is 273 g/mol. The van der Waals surface area contributed by atoms with Crippen molar-refractivity contribution < 1.29 is 4.39 Å². The van der Waals surface area contributed by atoms with Crippen LogP contribution in [0, 0.1) is 12.7 Å². The lowest BCUT2D eigenvalue weighted by Gasteiger charge is -2.18. The Morgan fingerprint density at radius 2 is 1.95 bits per heavy atom. The number of hydrogen-bond donors (Lipinski definition) is 1. The Hall–Kier alpha value is -1.38. The Morgan fingerprint density at radius 3 is 2.60 bits per heavy atom. The number of hydrogen-bond acceptors (Lipinski definition) is 1. The van der Waals surface area contributed by atoms with Gasteiger partial charge in [0.25, 0.3) is 0 Å². The molecule has 0 fully saturated rings. The standard InChI is InChI=1S/C17H19ClFN/c1-12-5-3-4-6-13(12)7-10-17(20-2)15-9-8-14(18)11-16(15)19/h3-6,8-9,11,17,20H,7,10H2,1-2H3. The molecule has 0 bridgehead atoms. The second kappa shape index (κ2) is 6.87. The van der Waals surface area contributed by atoms with Crippen molar-refractivity contribution in [3.05, 3.63) is 70.0 Å². The number of rotatable bonds is 5. The second-order valence-corrected chi connectivity index (χ2v) is 5.41. The van der Waals surface area contributed by atoms with E-state index in [0.717, 1.165) is 12.8 Å². The van der Waals surface area contributed by atoms with Crippen LogP contribution in [0.15, 0.2) is 42.5 Å². The summed E-state index contributed by atoms with van der Waals surface area (Å²) < 4.78 is 14.0. The van der Waals surface area contributed by atoms with Gasteiger partial charge in [0.05, 0.1) is 0 Å². The Morgan fingerprint density at radius 1 is 1.20 bits per heavy atom. The maximum absolute atomic E-state index is 14.0. The number of nitrogens with one attached hydrogen (secondary N) is 1. The zero-order chi connectivity index (χ0) is 14.5. The van der Waals surface area contributed by atoms with Crippen molar-refractivity contribution in [2.75, 3.05) is 7.05 Å². The van der Waals surface area contributed by atoms with Crippen LogP contribution in [0.5, 0.6) is 0 Å². The van der Waals surface area contributed by atoms with Crippen LogP contribution in [-0.2, 0) is 6.42 Å². The van der Waals surface area contributed by atoms with Crippen LogP contribution < -0.4 is 5.32 Å². The fraction of sp³-hybridized carbons (Fsp3) is 0.294. The van der Waals surface area contributed by atoms with Crippen LogP contribution in [0.2, 0.25) is 5.02 Å². The quantitative estimate of drug-likeness (QED) is 0.843. The van der Waals surface area contributed by atoms with Gasteiger partial charge < -0.3 is 5.32 Å². The first-order chi connectivity index (χ1) is 9.61. The molecule has 0 aliphatic carbocycles. The lowest BCUT2D eigenvalue weighted by Crippen LogP contribution is -2.18. The minimum atomic E-state index is -0.248. The summed E-state index contributed by atoms with van der Waals surface area (Å²) in [5.41, 5.74) is 3.26. The topological polar surface area (TPSA) is 12.0 Å². The zero-order valence-electron chi connectivity index (χ0n) is 11.8. The third-order valence-electron chi connectivity index (χ3n) is 3.65. The highest BCUT2D eigenvalue weighted by Gasteiger charge is 2.14. The van der Waals surface area contributed by atoms with Gasteiger partial charge in [0.1, 0.15) is 5.82 Å². The maximum atomic E-state index is 14.0. The van der Waals surface area contributed by atoms with E-state index in [1.165, 1.54) is 17.2 Å². The van der Waals surface area contributed by atoms with E-state index in [-0.39, 0.29) is 11.9 Å². The summed E-state index contributed by atoms with van der Waals surface area (Å²) in [7, 11) is 1.86. The molecule has 0 saturated carbocycles. The summed E-state index contributed by atoms with van der Waals surface area (Å²) in [6.07, 6.45) is 1.76. The van der Waals surface area contributed by atoms with Crippen LogP contribution in [0.25, 0.3) is 0 Å². The molecule has 2 rings (SSSR count). The summed E-state index contributed by atoms with van der Waals surface area (Å²) in [6, 6.07) is 13.2. The van der Waals surface area contributed by atoms with Crippen molar-refractivity contribution in [1.82, 2.24) is 5.32 Å². The molecule has 0 amide bonds. The Bertz CT molecular complexity index is 583. The zero-order valence-corrected chi connectivity index (χ0v) is 12.5. The molecule has 20 heavy (non-hydrogen) atoms. The van der Waals surface area contributed by atoms with Gasteiger partial charge in [-0.25, -0.2) is 4.39 Å². The van der Waals surface area contributed by atoms with Gasteiger partial charge >= 0.3 is 0 Å². The number of benzene rings is 2. The maximum Gasteiger partial charge on any atom is 0.129 e. The molecule has 0 spiro atoms. The van der Waals surface area contributed by atoms with Crippen molar-refractivity contribution in [1.29, 1.82) is 0 Å². The summed E-state index contributed by atoms with van der Waals surface area (Å²) in [5, 5.41) is 3.62. The Kier molecular flexibility index (Phi) is 5.16. The first kappa shape index (κ1) is 15.0. The van der Waals surface area contributed by atoms with Gasteiger partial charge in [0, 0.05) is 16.6 Å². The van der Waals surface area contributed by atoms with E-state index >= 15 is 0 Å². The van der Waals surface area contributed by atoms with E-state index in [2.05, 4.69) is 24.4 Å². The highest BCUT2D eigenvalue weighted by molar-refractivity contribution is 6.30. The van der Waals surface area contributed by atoms with E-state index < -0.39 is 0 Å². The average molecular weight is 292 g/mol. The normalized spacial score (nSPS) is 12.4. The second-order valence-electron chi connectivity index (χ2n) is 4.97. The molecule has 0 radical (unpaired) electrons. The minimum absolute atomic E-state index is 0.00753. The number of aryl methyl sites for hydroxylation is 2. The van der Waals surface area contributed by atoms with Crippen LogP contribution in [0.4, 0.5) is 4.39 Å². The summed E-state index contributed by atoms with van der Waals surface area (Å²) >= 11 is 5.80. The molecule has 1 N–H and O–H groups in total. The van der Waals surface area contributed by atoms with E-state index in [4.69, 9.17) is 11.6 Å². The first-order valence-electron chi connectivity index (χ1n) is 6.78. The number of halogens is 2. The molecule has 2 aromatic carbocycles. The predicted octanol–water partition coefficient (Wildman–Crippen LogP) is 4.68. The van der Waals surface area contributed by atoms with Crippen molar-refractivity contribution in [3.63, 3.8) is 0 Å². The molecule has 1 unspecified atom stereocenters. The van der Waals surface area contributed by atoms with Crippen LogP contribution >= 0.6 is 11.6 Å². The summed E-state index contributed by atoms with van der Waals surface area (Å²) in [5.74, 6) is -0.248. The van der Waals surface area contributed by atoms with Gasteiger partial charge in [0.2, 0.25) is 0 Å². The van der Waals surface area contributed by atoms with Crippen LogP contribution in [-0.4, -0.2) is 7.05 Å². The summed E-state index contributed by atoms with van der Waals surface area (Å²) in [4.78, 5) is 0. The molecule has 0 aliphatic heterocycles. The van der Waals surface area contributed by atoms with Crippen LogP contribution in [0.3, 0.4) is 0 Å². The molecule has 3 heteroatoms. The molecule has 106 valence electrons. The van der Waals surface area contributed by atoms with Crippen molar-refractivity contribution in [3.8, 4) is 0 Å². The summed E-state index contributed by atoms with van der Waals surface area (Å²) in [6.45, 7) is 2.10. The lowest BCUT2D eigenvalue weighted by atomic mass is 9.96. The predicted molar refractivity (Wildman–Crippen MR) is 82.7 cm³/mol. The monoisotopic (exact) mass is 291 g/mol. The molecule has 2 aromatic rings. The molecule has 1 atom stereocenters. The van der Waals surface area contributed by atoms with Crippen molar-refractivity contribution in [2.24, 2.45) is 0 Å². The van der Waals surface area contributed by atoms with E-state index in [0.29, 0.717) is 10.6 Å². The molecular formula is C17H19ClFN. The Balaban J connectivity index is 2.11. The SMILES string of the molecule is CNC(CCc1ccccc1C)c1ccc(Cl)cc1F. The van der Waals surface area contributed by atoms with Crippen LogP contribution in [0.1, 0.15) is 29.2 Å². The molecule has 0 aliphatic rings. The van der Waals surface area contributed by atoms with Gasteiger partial charge in [0.15, 0.2) is 0 Å². The third-order valence-corrected chi connectivity index (χ3v) is 3.89. The third kappa shape index (κ3) is 3.59. The lowest BCUT2D eigenvalue weighted by molar-refractivity contribution is 0.508. The van der Waals surface area contributed by atoms with Crippen molar-refractivity contribution in [2.45, 2.75) is 25.8 Å². The fourth-order valence-corrected chi connectivity index (χ4v) is 2.59. The van der Waals surface area contributed by atoms with E-state index in [1.807, 2.05) is 19.2 Å². The molecule has 0 heterocycles. The fourth-order valence-electron chi connectivity index (χ4n) is 2.43. The van der Waals surface area contributed by atoms with Gasteiger partial charge in [-0.1, -0.05) is 41.9 Å². The van der Waals surface area contributed by atoms with Gasteiger partial charge in [-0.3, -0.25) is 0 Å². The minimum Gasteiger partial charge on any atom is -0.313 e. The highest BCUT2D eigenvalue weighted by atomic mass is 35.5. The smallest absolute Gasteiger partial charge is 0.129 e. The Labute approximate surface area is 124 Å². The van der Waals surface area contributed by atoms with Gasteiger partial charge in [-0.2, -0.15) is 0 Å². The van der Waals surface area contributed by atoms with Crippen molar-refractivity contribution >= 4 is 11.6 Å². The van der Waals surface area contributed by atoms with E-state index in [9.17, 15) is 4.39 Å². The molecule has 0 aromatic heterocycles. The van der Waals surface area contributed by atoms with Gasteiger partial charge in [-0.05, 0) is 50.1 Å².